The maximum Gasteiger partial charge on any atom is 0.153 e. The summed E-state index contributed by atoms with van der Waals surface area (Å²) >= 11 is 0. The quantitative estimate of drug-likeness (QED) is 0.701. The Kier molecular flexibility index (Phi) is 5.93. The maximum absolute atomic E-state index is 11.5. The summed E-state index contributed by atoms with van der Waals surface area (Å²) in [4.78, 5) is 0. The van der Waals surface area contributed by atoms with Crippen molar-refractivity contribution in [2.75, 3.05) is 19.3 Å². The minimum Gasteiger partial charge on any atom is -0.313 e. The van der Waals surface area contributed by atoms with E-state index in [-0.39, 0.29) is 6.04 Å². The van der Waals surface area contributed by atoms with Gasteiger partial charge in [-0.2, -0.15) is 0 Å². The van der Waals surface area contributed by atoms with Crippen LogP contribution in [-0.4, -0.2) is 44.6 Å². The van der Waals surface area contributed by atoms with E-state index in [4.69, 9.17) is 0 Å². The standard InChI is InChI=1S/C11H26N2O2S/c1-9(2)12-7-10(3)13-8-11(4,5)16(6,14)15/h9-10,12-13H,7-8H2,1-6H3. The van der Waals surface area contributed by atoms with Crippen LogP contribution < -0.4 is 10.6 Å². The number of hydrogen-bond acceptors (Lipinski definition) is 4. The third kappa shape index (κ3) is 5.82. The van der Waals surface area contributed by atoms with Gasteiger partial charge in [0.25, 0.3) is 0 Å². The van der Waals surface area contributed by atoms with Gasteiger partial charge >= 0.3 is 0 Å². The van der Waals surface area contributed by atoms with E-state index in [1.807, 2.05) is 6.92 Å². The Morgan fingerprint density at radius 2 is 1.62 bits per heavy atom. The monoisotopic (exact) mass is 250 g/mol. The summed E-state index contributed by atoms with van der Waals surface area (Å²) in [5.74, 6) is 0. The first-order chi connectivity index (χ1) is 7.06. The molecule has 0 radical (unpaired) electrons. The average molecular weight is 250 g/mol. The molecule has 0 aromatic carbocycles. The summed E-state index contributed by atoms with van der Waals surface area (Å²) in [6.45, 7) is 11.0. The highest BCUT2D eigenvalue weighted by molar-refractivity contribution is 7.92. The normalized spacial score (nSPS) is 15.4. The van der Waals surface area contributed by atoms with Crippen molar-refractivity contribution in [2.45, 2.75) is 51.4 Å². The Labute approximate surface area is 100 Å². The molecular formula is C11H26N2O2S. The third-order valence-electron chi connectivity index (χ3n) is 2.71. The molecule has 0 saturated heterocycles. The molecular weight excluding hydrogens is 224 g/mol. The molecule has 1 unspecified atom stereocenters. The molecule has 0 saturated carbocycles. The van der Waals surface area contributed by atoms with Gasteiger partial charge in [-0.1, -0.05) is 13.8 Å². The van der Waals surface area contributed by atoms with Gasteiger partial charge in [0.1, 0.15) is 0 Å². The number of rotatable bonds is 7. The van der Waals surface area contributed by atoms with Crippen molar-refractivity contribution in [3.8, 4) is 0 Å². The number of nitrogens with one attached hydrogen (secondary N) is 2. The number of hydrogen-bond donors (Lipinski definition) is 2. The van der Waals surface area contributed by atoms with Crippen LogP contribution in [0.4, 0.5) is 0 Å². The SMILES string of the molecule is CC(C)NCC(C)NCC(C)(C)S(C)(=O)=O. The molecule has 4 nitrogen and oxygen atoms in total. The molecule has 98 valence electrons. The molecule has 0 amide bonds. The summed E-state index contributed by atoms with van der Waals surface area (Å²) < 4.78 is 22.2. The fraction of sp³-hybridized carbons (Fsp3) is 1.00. The van der Waals surface area contributed by atoms with Gasteiger partial charge in [-0.3, -0.25) is 0 Å². The smallest absolute Gasteiger partial charge is 0.153 e. The van der Waals surface area contributed by atoms with Crippen LogP contribution in [0.3, 0.4) is 0 Å². The zero-order chi connectivity index (χ0) is 13.0. The van der Waals surface area contributed by atoms with Crippen LogP contribution in [0.15, 0.2) is 0 Å². The van der Waals surface area contributed by atoms with Crippen LogP contribution in [0, 0.1) is 0 Å². The Balaban J connectivity index is 4.06. The van der Waals surface area contributed by atoms with Crippen molar-refractivity contribution in [1.29, 1.82) is 0 Å². The fourth-order valence-electron chi connectivity index (χ4n) is 1.04. The lowest BCUT2D eigenvalue weighted by Gasteiger charge is -2.26. The molecule has 0 aromatic heterocycles. The molecule has 0 fully saturated rings. The van der Waals surface area contributed by atoms with Crippen LogP contribution in [-0.2, 0) is 9.84 Å². The van der Waals surface area contributed by atoms with Crippen LogP contribution in [0.1, 0.15) is 34.6 Å². The second kappa shape index (κ2) is 5.98. The van der Waals surface area contributed by atoms with Gasteiger partial charge in [-0.15, -0.1) is 0 Å². The van der Waals surface area contributed by atoms with Crippen molar-refractivity contribution in [2.24, 2.45) is 0 Å². The predicted molar refractivity (Wildman–Crippen MR) is 69.5 cm³/mol. The van der Waals surface area contributed by atoms with Crippen LogP contribution in [0.25, 0.3) is 0 Å². The van der Waals surface area contributed by atoms with Gasteiger partial charge in [0.15, 0.2) is 9.84 Å². The number of sulfone groups is 1. The van der Waals surface area contributed by atoms with Crippen molar-refractivity contribution in [3.63, 3.8) is 0 Å². The molecule has 0 rings (SSSR count). The molecule has 0 aliphatic carbocycles. The summed E-state index contributed by atoms with van der Waals surface area (Å²) in [6, 6.07) is 0.718. The Bertz CT molecular complexity index is 297. The van der Waals surface area contributed by atoms with E-state index in [1.54, 1.807) is 13.8 Å². The van der Waals surface area contributed by atoms with Gasteiger partial charge in [-0.05, 0) is 20.8 Å². The van der Waals surface area contributed by atoms with Crippen LogP contribution in [0.5, 0.6) is 0 Å². The summed E-state index contributed by atoms with van der Waals surface area (Å²) in [7, 11) is -3.01. The summed E-state index contributed by atoms with van der Waals surface area (Å²) in [5, 5.41) is 6.55. The Hall–Kier alpha value is -0.130. The van der Waals surface area contributed by atoms with Gasteiger partial charge in [0, 0.05) is 31.4 Å². The zero-order valence-electron chi connectivity index (χ0n) is 11.3. The molecule has 0 heterocycles. The average Bonchev–Trinajstić information content (AvgIpc) is 2.09. The van der Waals surface area contributed by atoms with Crippen molar-refractivity contribution < 1.29 is 8.42 Å². The highest BCUT2D eigenvalue weighted by atomic mass is 32.2. The Morgan fingerprint density at radius 3 is 2.00 bits per heavy atom. The lowest BCUT2D eigenvalue weighted by molar-refractivity contribution is 0.445. The molecule has 0 aliphatic rings. The van der Waals surface area contributed by atoms with E-state index in [2.05, 4.69) is 24.5 Å². The highest BCUT2D eigenvalue weighted by Crippen LogP contribution is 2.13. The minimum atomic E-state index is -3.01. The molecule has 1 atom stereocenters. The van der Waals surface area contributed by atoms with Crippen molar-refractivity contribution in [1.82, 2.24) is 10.6 Å². The molecule has 5 heteroatoms. The van der Waals surface area contributed by atoms with E-state index in [0.29, 0.717) is 12.6 Å². The lowest BCUT2D eigenvalue weighted by Crippen LogP contribution is -2.47. The Morgan fingerprint density at radius 1 is 1.12 bits per heavy atom. The van der Waals surface area contributed by atoms with E-state index in [0.717, 1.165) is 6.54 Å². The van der Waals surface area contributed by atoms with Crippen LogP contribution in [0.2, 0.25) is 0 Å². The van der Waals surface area contributed by atoms with Crippen molar-refractivity contribution in [3.05, 3.63) is 0 Å². The maximum atomic E-state index is 11.5. The molecule has 16 heavy (non-hydrogen) atoms. The minimum absolute atomic E-state index is 0.267. The topological polar surface area (TPSA) is 58.2 Å². The van der Waals surface area contributed by atoms with E-state index >= 15 is 0 Å². The van der Waals surface area contributed by atoms with Gasteiger partial charge in [0.05, 0.1) is 4.75 Å². The first-order valence-electron chi connectivity index (χ1n) is 5.72. The van der Waals surface area contributed by atoms with Crippen molar-refractivity contribution >= 4 is 9.84 Å². The van der Waals surface area contributed by atoms with E-state index < -0.39 is 14.6 Å². The van der Waals surface area contributed by atoms with Gasteiger partial charge < -0.3 is 10.6 Å². The summed E-state index contributed by atoms with van der Waals surface area (Å²) in [6.07, 6.45) is 1.28. The second-order valence-electron chi connectivity index (χ2n) is 5.38. The lowest BCUT2D eigenvalue weighted by atomic mass is 10.2. The largest absolute Gasteiger partial charge is 0.313 e. The highest BCUT2D eigenvalue weighted by Gasteiger charge is 2.29. The molecule has 2 N–H and O–H groups in total. The third-order valence-corrected chi connectivity index (χ3v) is 4.86. The van der Waals surface area contributed by atoms with Gasteiger partial charge in [0.2, 0.25) is 0 Å². The zero-order valence-corrected chi connectivity index (χ0v) is 12.1. The second-order valence-corrected chi connectivity index (χ2v) is 8.03. The van der Waals surface area contributed by atoms with Crippen LogP contribution >= 0.6 is 0 Å². The van der Waals surface area contributed by atoms with E-state index in [1.165, 1.54) is 6.26 Å². The van der Waals surface area contributed by atoms with E-state index in [9.17, 15) is 8.42 Å². The molecule has 0 aromatic rings. The first kappa shape index (κ1) is 15.9. The summed E-state index contributed by atoms with van der Waals surface area (Å²) in [5.41, 5.74) is 0. The fourth-order valence-corrected chi connectivity index (χ4v) is 1.38. The molecule has 0 spiro atoms. The first-order valence-corrected chi connectivity index (χ1v) is 7.62. The molecule has 0 aliphatic heterocycles. The molecule has 0 bridgehead atoms. The predicted octanol–water partition coefficient (Wildman–Crippen LogP) is 0.786. The van der Waals surface area contributed by atoms with Gasteiger partial charge in [-0.25, -0.2) is 8.42 Å².